The molecule has 1 saturated carbocycles. The maximum atomic E-state index is 12.5. The largest absolute Gasteiger partial charge is 0.480 e. The smallest absolute Gasteiger partial charge is 0.327 e. The molecule has 0 bridgehead atoms. The Bertz CT molecular complexity index is 371. The summed E-state index contributed by atoms with van der Waals surface area (Å²) in [4.78, 5) is 27.1. The molecule has 2 unspecified atom stereocenters. The third kappa shape index (κ3) is 3.16. The van der Waals surface area contributed by atoms with Gasteiger partial charge in [0.05, 0.1) is 5.37 Å². The SMILES string of the molecule is CC(C)C1SCC(C(=O)O)N1C(=O)N(C)CC1CC1. The quantitative estimate of drug-likeness (QED) is 0.858. The highest BCUT2D eigenvalue weighted by molar-refractivity contribution is 8.00. The molecule has 1 heterocycles. The molecule has 2 aliphatic rings. The van der Waals surface area contributed by atoms with Crippen LogP contribution in [0.4, 0.5) is 4.79 Å². The van der Waals surface area contributed by atoms with E-state index in [-0.39, 0.29) is 17.3 Å². The second-order valence-electron chi connectivity index (χ2n) is 5.84. The number of carboxylic acids is 1. The van der Waals surface area contributed by atoms with E-state index < -0.39 is 12.0 Å². The number of hydrogen-bond acceptors (Lipinski definition) is 3. The van der Waals surface area contributed by atoms with E-state index in [0.717, 1.165) is 6.54 Å². The van der Waals surface area contributed by atoms with Crippen molar-refractivity contribution in [2.24, 2.45) is 11.8 Å². The van der Waals surface area contributed by atoms with Gasteiger partial charge >= 0.3 is 12.0 Å². The molecule has 1 N–H and O–H groups in total. The van der Waals surface area contributed by atoms with Crippen molar-refractivity contribution in [2.75, 3.05) is 19.3 Å². The number of rotatable bonds is 4. The lowest BCUT2D eigenvalue weighted by atomic mass is 10.1. The molecule has 1 saturated heterocycles. The summed E-state index contributed by atoms with van der Waals surface area (Å²) >= 11 is 1.57. The van der Waals surface area contributed by atoms with Gasteiger partial charge in [-0.25, -0.2) is 9.59 Å². The zero-order chi connectivity index (χ0) is 14.2. The van der Waals surface area contributed by atoms with Gasteiger partial charge in [-0.1, -0.05) is 13.8 Å². The number of amides is 2. The fourth-order valence-electron chi connectivity index (χ4n) is 2.44. The van der Waals surface area contributed by atoms with Crippen LogP contribution < -0.4 is 0 Å². The highest BCUT2D eigenvalue weighted by Gasteiger charge is 2.44. The Balaban J connectivity index is 2.10. The van der Waals surface area contributed by atoms with Crippen LogP contribution in [0.25, 0.3) is 0 Å². The summed E-state index contributed by atoms with van der Waals surface area (Å²) in [7, 11) is 1.78. The van der Waals surface area contributed by atoms with Crippen LogP contribution in [0.15, 0.2) is 0 Å². The summed E-state index contributed by atoms with van der Waals surface area (Å²) in [5.74, 6) is 0.461. The molecule has 19 heavy (non-hydrogen) atoms. The lowest BCUT2D eigenvalue weighted by Gasteiger charge is -2.33. The minimum Gasteiger partial charge on any atom is -0.480 e. The molecule has 0 spiro atoms. The minimum absolute atomic E-state index is 0.0322. The molecule has 108 valence electrons. The van der Waals surface area contributed by atoms with Crippen LogP contribution in [0, 0.1) is 11.8 Å². The molecule has 0 radical (unpaired) electrons. The van der Waals surface area contributed by atoms with E-state index in [2.05, 4.69) is 0 Å². The summed E-state index contributed by atoms with van der Waals surface area (Å²) in [6.45, 7) is 4.81. The predicted octanol–water partition coefficient (Wildman–Crippen LogP) is 1.93. The van der Waals surface area contributed by atoms with Gasteiger partial charge in [-0.3, -0.25) is 4.90 Å². The monoisotopic (exact) mass is 286 g/mol. The molecular formula is C13H22N2O3S. The first-order valence-electron chi connectivity index (χ1n) is 6.79. The number of thioether (sulfide) groups is 1. The number of carbonyl (C=O) groups excluding carboxylic acids is 1. The topological polar surface area (TPSA) is 60.9 Å². The predicted molar refractivity (Wildman–Crippen MR) is 75.1 cm³/mol. The maximum absolute atomic E-state index is 12.5. The molecule has 0 aromatic rings. The van der Waals surface area contributed by atoms with Crippen LogP contribution >= 0.6 is 11.8 Å². The third-order valence-electron chi connectivity index (χ3n) is 3.67. The van der Waals surface area contributed by atoms with E-state index in [9.17, 15) is 14.7 Å². The Morgan fingerprint density at radius 3 is 2.53 bits per heavy atom. The van der Waals surface area contributed by atoms with Crippen LogP contribution in [-0.4, -0.2) is 57.7 Å². The normalized spacial score (nSPS) is 26.8. The molecule has 0 aromatic heterocycles. The van der Waals surface area contributed by atoms with Gasteiger partial charge in [-0.15, -0.1) is 11.8 Å². The van der Waals surface area contributed by atoms with E-state index in [1.807, 2.05) is 13.8 Å². The standard InChI is InChI=1S/C13H22N2O3S/c1-8(2)11-15(10(7-19-11)12(16)17)13(18)14(3)6-9-4-5-9/h8-11H,4-7H2,1-3H3,(H,16,17). The maximum Gasteiger partial charge on any atom is 0.327 e. The second kappa shape index (κ2) is 5.61. The van der Waals surface area contributed by atoms with Crippen molar-refractivity contribution in [3.63, 3.8) is 0 Å². The molecule has 5 nitrogen and oxygen atoms in total. The Kier molecular flexibility index (Phi) is 4.28. The summed E-state index contributed by atoms with van der Waals surface area (Å²) in [6.07, 6.45) is 2.37. The minimum atomic E-state index is -0.899. The third-order valence-corrected chi connectivity index (χ3v) is 5.29. The molecular weight excluding hydrogens is 264 g/mol. The van der Waals surface area contributed by atoms with E-state index in [0.29, 0.717) is 11.7 Å². The van der Waals surface area contributed by atoms with Crippen molar-refractivity contribution >= 4 is 23.8 Å². The number of carboxylic acid groups (broad SMARTS) is 1. The number of nitrogens with zero attached hydrogens (tertiary/aromatic N) is 2. The first-order chi connectivity index (χ1) is 8.91. The van der Waals surface area contributed by atoms with Crippen LogP contribution in [0.5, 0.6) is 0 Å². The average molecular weight is 286 g/mol. The Hall–Kier alpha value is -0.910. The fraction of sp³-hybridized carbons (Fsp3) is 0.846. The first-order valence-corrected chi connectivity index (χ1v) is 7.84. The number of urea groups is 1. The molecule has 2 atom stereocenters. The van der Waals surface area contributed by atoms with Crippen molar-refractivity contribution < 1.29 is 14.7 Å². The number of aliphatic carboxylic acids is 1. The summed E-state index contributed by atoms with van der Waals surface area (Å²) in [5.41, 5.74) is 0. The van der Waals surface area contributed by atoms with Gasteiger partial charge in [0.1, 0.15) is 6.04 Å². The summed E-state index contributed by atoms with van der Waals surface area (Å²) in [5, 5.41) is 9.25. The van der Waals surface area contributed by atoms with Gasteiger partial charge in [-0.2, -0.15) is 0 Å². The van der Waals surface area contributed by atoms with E-state index in [4.69, 9.17) is 0 Å². The molecule has 2 rings (SSSR count). The van der Waals surface area contributed by atoms with E-state index >= 15 is 0 Å². The molecule has 6 heteroatoms. The van der Waals surface area contributed by atoms with Gasteiger partial charge < -0.3 is 10.0 Å². The van der Waals surface area contributed by atoms with Crippen LogP contribution in [0.1, 0.15) is 26.7 Å². The Morgan fingerprint density at radius 1 is 1.42 bits per heavy atom. The van der Waals surface area contributed by atoms with Crippen molar-refractivity contribution in [1.29, 1.82) is 0 Å². The van der Waals surface area contributed by atoms with Crippen molar-refractivity contribution in [2.45, 2.75) is 38.1 Å². The Labute approximate surface area is 118 Å². The van der Waals surface area contributed by atoms with Gasteiger partial charge in [0.2, 0.25) is 0 Å². The van der Waals surface area contributed by atoms with Crippen LogP contribution in [-0.2, 0) is 4.79 Å². The van der Waals surface area contributed by atoms with Gasteiger partial charge in [0, 0.05) is 19.3 Å². The zero-order valence-electron chi connectivity index (χ0n) is 11.7. The summed E-state index contributed by atoms with van der Waals surface area (Å²) in [6, 6.07) is -0.824. The van der Waals surface area contributed by atoms with Gasteiger partial charge in [0.15, 0.2) is 0 Å². The van der Waals surface area contributed by atoms with Crippen molar-refractivity contribution in [1.82, 2.24) is 9.80 Å². The second-order valence-corrected chi connectivity index (χ2v) is 6.99. The molecule has 2 amide bonds. The summed E-state index contributed by atoms with van der Waals surface area (Å²) < 4.78 is 0. The Morgan fingerprint density at radius 2 is 2.05 bits per heavy atom. The van der Waals surface area contributed by atoms with Gasteiger partial charge in [-0.05, 0) is 24.7 Å². The molecule has 1 aliphatic heterocycles. The fourth-order valence-corrected chi connectivity index (χ4v) is 3.90. The van der Waals surface area contributed by atoms with Crippen LogP contribution in [0.3, 0.4) is 0 Å². The molecule has 0 aromatic carbocycles. The highest BCUT2D eigenvalue weighted by Crippen LogP contribution is 2.35. The van der Waals surface area contributed by atoms with Crippen LogP contribution in [0.2, 0.25) is 0 Å². The average Bonchev–Trinajstić information content (AvgIpc) is 3.02. The molecule has 1 aliphatic carbocycles. The van der Waals surface area contributed by atoms with Gasteiger partial charge in [0.25, 0.3) is 0 Å². The molecule has 2 fully saturated rings. The highest BCUT2D eigenvalue weighted by atomic mass is 32.2. The zero-order valence-corrected chi connectivity index (χ0v) is 12.5. The van der Waals surface area contributed by atoms with E-state index in [1.165, 1.54) is 12.8 Å². The van der Waals surface area contributed by atoms with Crippen molar-refractivity contribution in [3.05, 3.63) is 0 Å². The first kappa shape index (κ1) is 14.5. The number of carbonyl (C=O) groups is 2. The number of hydrogen-bond donors (Lipinski definition) is 1. The van der Waals surface area contributed by atoms with Crippen molar-refractivity contribution in [3.8, 4) is 0 Å². The lowest BCUT2D eigenvalue weighted by molar-refractivity contribution is -0.141. The van der Waals surface area contributed by atoms with E-state index in [1.54, 1.807) is 28.6 Å². The lowest BCUT2D eigenvalue weighted by Crippen LogP contribution is -2.52.